The molecule has 3 aromatic rings. The van der Waals surface area contributed by atoms with Gasteiger partial charge in [0.2, 0.25) is 11.8 Å². The van der Waals surface area contributed by atoms with Crippen LogP contribution in [-0.2, 0) is 35.0 Å². The summed E-state index contributed by atoms with van der Waals surface area (Å²) in [4.78, 5) is 68.1. The molecule has 1 aliphatic heterocycles. The zero-order chi connectivity index (χ0) is 42.5. The van der Waals surface area contributed by atoms with Crippen LogP contribution in [0.4, 0.5) is 9.59 Å². The lowest BCUT2D eigenvalue weighted by molar-refractivity contribution is -0.146. The van der Waals surface area contributed by atoms with Gasteiger partial charge in [-0.1, -0.05) is 105 Å². The molecule has 59 heavy (non-hydrogen) atoms. The predicted molar refractivity (Wildman–Crippen MR) is 226 cm³/mol. The molecule has 5 rings (SSSR count). The highest BCUT2D eigenvalue weighted by atomic mass is 16.6. The van der Waals surface area contributed by atoms with E-state index in [0.29, 0.717) is 38.6 Å². The van der Waals surface area contributed by atoms with E-state index in [9.17, 15) is 24.0 Å². The number of hydrogen-bond donors (Lipinski definition) is 3. The van der Waals surface area contributed by atoms with Gasteiger partial charge in [-0.2, -0.15) is 0 Å². The standard InChI is InChI=1S/C47H60N4O8/c1-31(2)28-34(49-46(56)59-47(3,4)5)25-24-33(29-32-16-8-7-9-17-32)43(53)51-27-15-23-41(51)42(52)50-40(44(54)57-6)22-14-26-48-45(55)58-30-39-37-20-12-10-18-35(37)36-19-11-13-21-38(36)39/h7-13,16-21,24-25,31,33-34,39-41H,14-15,22-23,26-30H2,1-6H3,(H,48,55)(H,49,56)(H,50,52)/b25-24+/t33-,34-,40?,41+/m1/s1. The Balaban J connectivity index is 1.18. The monoisotopic (exact) mass is 808 g/mol. The zero-order valence-electron chi connectivity index (χ0n) is 35.2. The van der Waals surface area contributed by atoms with Crippen molar-refractivity contribution in [1.82, 2.24) is 20.9 Å². The molecule has 0 aromatic heterocycles. The van der Waals surface area contributed by atoms with Crippen molar-refractivity contribution < 1.29 is 38.2 Å². The van der Waals surface area contributed by atoms with Crippen LogP contribution in [-0.4, -0.2) is 85.4 Å². The molecule has 3 N–H and O–H groups in total. The Morgan fingerprint density at radius 1 is 0.847 bits per heavy atom. The molecular weight excluding hydrogens is 749 g/mol. The predicted octanol–water partition coefficient (Wildman–Crippen LogP) is 7.31. The molecule has 2 aliphatic rings. The fraction of sp³-hybridized carbons (Fsp3) is 0.468. The van der Waals surface area contributed by atoms with E-state index >= 15 is 0 Å². The summed E-state index contributed by atoms with van der Waals surface area (Å²) in [7, 11) is 1.26. The summed E-state index contributed by atoms with van der Waals surface area (Å²) in [5.41, 5.74) is 4.80. The third-order valence-corrected chi connectivity index (χ3v) is 10.5. The molecule has 0 saturated carbocycles. The van der Waals surface area contributed by atoms with Crippen molar-refractivity contribution in [3.8, 4) is 11.1 Å². The first-order valence-corrected chi connectivity index (χ1v) is 20.7. The van der Waals surface area contributed by atoms with Crippen LogP contribution in [0, 0.1) is 11.8 Å². The Morgan fingerprint density at radius 3 is 2.12 bits per heavy atom. The lowest BCUT2D eigenvalue weighted by Gasteiger charge is -2.29. The normalized spacial score (nSPS) is 16.5. The highest BCUT2D eigenvalue weighted by Gasteiger charge is 2.38. The molecule has 12 heteroatoms. The minimum absolute atomic E-state index is 0.0679. The van der Waals surface area contributed by atoms with E-state index < -0.39 is 47.7 Å². The summed E-state index contributed by atoms with van der Waals surface area (Å²) < 4.78 is 16.2. The number of fused-ring (bicyclic) bond motifs is 3. The lowest BCUT2D eigenvalue weighted by Crippen LogP contribution is -2.52. The second-order valence-electron chi connectivity index (χ2n) is 16.7. The molecular formula is C47H60N4O8. The third kappa shape index (κ3) is 12.7. The largest absolute Gasteiger partial charge is 0.467 e. The van der Waals surface area contributed by atoms with Crippen LogP contribution in [0.25, 0.3) is 11.1 Å². The number of amides is 4. The number of nitrogens with one attached hydrogen (secondary N) is 3. The van der Waals surface area contributed by atoms with E-state index in [1.165, 1.54) is 7.11 Å². The van der Waals surface area contributed by atoms with Gasteiger partial charge in [0.1, 0.15) is 24.3 Å². The molecule has 12 nitrogen and oxygen atoms in total. The van der Waals surface area contributed by atoms with E-state index in [-0.39, 0.29) is 43.4 Å². The van der Waals surface area contributed by atoms with E-state index in [1.807, 2.05) is 66.7 Å². The number of benzene rings is 3. The molecule has 0 radical (unpaired) electrons. The van der Waals surface area contributed by atoms with Gasteiger partial charge in [-0.15, -0.1) is 0 Å². The van der Waals surface area contributed by atoms with Crippen molar-refractivity contribution in [2.75, 3.05) is 26.8 Å². The maximum atomic E-state index is 14.4. The van der Waals surface area contributed by atoms with Crippen LogP contribution in [0.1, 0.15) is 89.3 Å². The number of carbonyl (C=O) groups is 5. The summed E-state index contributed by atoms with van der Waals surface area (Å²) >= 11 is 0. The smallest absolute Gasteiger partial charge is 0.408 e. The van der Waals surface area contributed by atoms with E-state index in [1.54, 1.807) is 25.7 Å². The number of methoxy groups -OCH3 is 1. The first-order chi connectivity index (χ1) is 28.2. The molecule has 0 spiro atoms. The highest BCUT2D eigenvalue weighted by Crippen LogP contribution is 2.44. The number of hydrogen-bond acceptors (Lipinski definition) is 8. The Hall–Kier alpha value is -5.65. The molecule has 4 amide bonds. The van der Waals surface area contributed by atoms with Gasteiger partial charge in [0.05, 0.1) is 19.1 Å². The van der Waals surface area contributed by atoms with Crippen molar-refractivity contribution in [3.63, 3.8) is 0 Å². The van der Waals surface area contributed by atoms with Gasteiger partial charge in [0.15, 0.2) is 0 Å². The first kappa shape index (κ1) is 44.5. The van der Waals surface area contributed by atoms with Gasteiger partial charge < -0.3 is 35.1 Å². The van der Waals surface area contributed by atoms with Gasteiger partial charge in [-0.05, 0) is 93.0 Å². The number of rotatable bonds is 17. The average Bonchev–Trinajstić information content (AvgIpc) is 3.82. The summed E-state index contributed by atoms with van der Waals surface area (Å²) in [6.45, 7) is 10.3. The van der Waals surface area contributed by atoms with Crippen LogP contribution in [0.2, 0.25) is 0 Å². The Bertz CT molecular complexity index is 1900. The summed E-state index contributed by atoms with van der Waals surface area (Å²) in [6, 6.07) is 23.7. The Labute approximate surface area is 348 Å². The fourth-order valence-electron chi connectivity index (χ4n) is 7.85. The molecule has 1 unspecified atom stereocenters. The number of ether oxygens (including phenoxy) is 3. The van der Waals surface area contributed by atoms with E-state index in [2.05, 4.69) is 54.1 Å². The Kier molecular flexibility index (Phi) is 15.7. The second-order valence-corrected chi connectivity index (χ2v) is 16.7. The maximum absolute atomic E-state index is 14.4. The number of carbonyl (C=O) groups excluding carboxylic acids is 5. The van der Waals surface area contributed by atoms with Crippen molar-refractivity contribution in [3.05, 3.63) is 108 Å². The topological polar surface area (TPSA) is 152 Å². The van der Waals surface area contributed by atoms with Crippen molar-refractivity contribution >= 4 is 30.0 Å². The molecule has 1 heterocycles. The molecule has 1 fully saturated rings. The lowest BCUT2D eigenvalue weighted by atomic mass is 9.95. The first-order valence-electron chi connectivity index (χ1n) is 20.7. The zero-order valence-corrected chi connectivity index (χ0v) is 35.2. The number of nitrogens with zero attached hydrogens (tertiary/aromatic N) is 1. The van der Waals surface area contributed by atoms with Gasteiger partial charge in [0.25, 0.3) is 0 Å². The number of alkyl carbamates (subject to hydrolysis) is 2. The minimum atomic E-state index is -0.981. The van der Waals surface area contributed by atoms with Crippen LogP contribution in [0.5, 0.6) is 0 Å². The molecule has 4 atom stereocenters. The van der Waals surface area contributed by atoms with Crippen molar-refractivity contribution in [2.45, 2.75) is 103 Å². The second kappa shape index (κ2) is 20.9. The molecule has 3 aromatic carbocycles. The highest BCUT2D eigenvalue weighted by molar-refractivity contribution is 5.92. The Morgan fingerprint density at radius 2 is 1.49 bits per heavy atom. The van der Waals surface area contributed by atoms with Crippen molar-refractivity contribution in [1.29, 1.82) is 0 Å². The minimum Gasteiger partial charge on any atom is -0.467 e. The molecule has 1 aliphatic carbocycles. The summed E-state index contributed by atoms with van der Waals surface area (Å²) in [5, 5.41) is 8.54. The van der Waals surface area contributed by atoms with Crippen LogP contribution >= 0.6 is 0 Å². The molecule has 0 bridgehead atoms. The van der Waals surface area contributed by atoms with Crippen molar-refractivity contribution in [2.24, 2.45) is 11.8 Å². The van der Waals surface area contributed by atoms with E-state index in [4.69, 9.17) is 14.2 Å². The number of esters is 1. The maximum Gasteiger partial charge on any atom is 0.408 e. The van der Waals surface area contributed by atoms with Crippen LogP contribution in [0.3, 0.4) is 0 Å². The van der Waals surface area contributed by atoms with Gasteiger partial charge in [-0.25, -0.2) is 14.4 Å². The fourth-order valence-corrected chi connectivity index (χ4v) is 7.85. The SMILES string of the molecule is COC(=O)C(CCCNC(=O)OCC1c2ccccc2-c2ccccc21)NC(=O)[C@@H]1CCCN1C(=O)[C@H](/C=C/[C@H](CC(C)C)NC(=O)OC(C)(C)C)Cc1ccccc1. The van der Waals surface area contributed by atoms with Gasteiger partial charge >= 0.3 is 18.2 Å². The van der Waals surface area contributed by atoms with Gasteiger partial charge in [-0.3, -0.25) is 9.59 Å². The molecule has 1 saturated heterocycles. The van der Waals surface area contributed by atoms with Crippen LogP contribution in [0.15, 0.2) is 91.0 Å². The summed E-state index contributed by atoms with van der Waals surface area (Å²) in [6.07, 6.45) is 5.21. The van der Waals surface area contributed by atoms with Gasteiger partial charge in [0, 0.05) is 19.0 Å². The quantitative estimate of drug-likeness (QED) is 0.0556. The average molecular weight is 809 g/mol. The third-order valence-electron chi connectivity index (χ3n) is 10.5. The molecule has 316 valence electrons. The summed E-state index contributed by atoms with van der Waals surface area (Å²) in [5.74, 6) is -1.72. The number of likely N-dealkylation sites (tertiary alicyclic amines) is 1. The van der Waals surface area contributed by atoms with Crippen LogP contribution < -0.4 is 16.0 Å². The van der Waals surface area contributed by atoms with E-state index in [0.717, 1.165) is 27.8 Å².